The normalized spacial score (nSPS) is 28.6. The fourth-order valence-electron chi connectivity index (χ4n) is 2.10. The van der Waals surface area contributed by atoms with Gasteiger partial charge in [-0.2, -0.15) is 0 Å². The summed E-state index contributed by atoms with van der Waals surface area (Å²) in [6.45, 7) is 2.08. The van der Waals surface area contributed by atoms with Crippen LogP contribution in [0.15, 0.2) is 23.5 Å². The zero-order valence-electron chi connectivity index (χ0n) is 8.83. The molecule has 1 atom stereocenters. The van der Waals surface area contributed by atoms with E-state index < -0.39 is 0 Å². The van der Waals surface area contributed by atoms with E-state index in [0.29, 0.717) is 6.10 Å². The van der Waals surface area contributed by atoms with Gasteiger partial charge in [0.1, 0.15) is 5.76 Å². The van der Waals surface area contributed by atoms with E-state index in [2.05, 4.69) is 19.1 Å². The van der Waals surface area contributed by atoms with Crippen molar-refractivity contribution in [2.75, 3.05) is 0 Å². The fraction of sp³-hybridized carbons (Fsp3) is 0.667. The zero-order valence-corrected chi connectivity index (χ0v) is 8.83. The minimum absolute atomic E-state index is 0.200. The van der Waals surface area contributed by atoms with Crippen molar-refractivity contribution in [3.63, 3.8) is 0 Å². The van der Waals surface area contributed by atoms with Crippen molar-refractivity contribution in [1.82, 2.24) is 0 Å². The van der Waals surface area contributed by atoms with Gasteiger partial charge in [-0.05, 0) is 51.2 Å². The molecule has 2 rings (SSSR count). The van der Waals surface area contributed by atoms with Crippen LogP contribution in [0.3, 0.4) is 0 Å². The molecule has 0 aromatic rings. The molecule has 2 nitrogen and oxygen atoms in total. The summed E-state index contributed by atoms with van der Waals surface area (Å²) in [7, 11) is 0. The molecule has 0 saturated heterocycles. The topological polar surface area (TPSA) is 35.2 Å². The van der Waals surface area contributed by atoms with Crippen molar-refractivity contribution in [3.05, 3.63) is 23.5 Å². The lowest BCUT2D eigenvalue weighted by atomic mass is 10.0. The van der Waals surface area contributed by atoms with Crippen molar-refractivity contribution in [1.29, 1.82) is 0 Å². The Balaban J connectivity index is 1.92. The molecule has 2 aliphatic carbocycles. The van der Waals surface area contributed by atoms with Crippen LogP contribution in [0.5, 0.6) is 0 Å². The number of hydrogen-bond acceptors (Lipinski definition) is 2. The smallest absolute Gasteiger partial charge is 0.115 e. The van der Waals surface area contributed by atoms with Gasteiger partial charge in [0.05, 0.1) is 6.10 Å². The Labute approximate surface area is 85.8 Å². The minimum atomic E-state index is 0.200. The van der Waals surface area contributed by atoms with E-state index in [1.54, 1.807) is 0 Å². The molecule has 0 aromatic carbocycles. The number of nitrogens with two attached hydrogens (primary N) is 1. The second-order valence-corrected chi connectivity index (χ2v) is 4.36. The monoisotopic (exact) mass is 193 g/mol. The zero-order chi connectivity index (χ0) is 9.97. The van der Waals surface area contributed by atoms with Gasteiger partial charge < -0.3 is 10.5 Å². The Morgan fingerprint density at radius 2 is 2.07 bits per heavy atom. The van der Waals surface area contributed by atoms with Crippen LogP contribution in [0.4, 0.5) is 0 Å². The van der Waals surface area contributed by atoms with Gasteiger partial charge in [0.2, 0.25) is 0 Å². The maximum absolute atomic E-state index is 5.90. The SMILES string of the molecule is CC1=CC(OC2CCCC2)=CCC1N. The average molecular weight is 193 g/mol. The molecule has 0 bridgehead atoms. The van der Waals surface area contributed by atoms with Gasteiger partial charge in [-0.3, -0.25) is 0 Å². The van der Waals surface area contributed by atoms with E-state index in [1.165, 1.54) is 31.3 Å². The highest BCUT2D eigenvalue weighted by molar-refractivity contribution is 5.26. The molecule has 1 unspecified atom stereocenters. The van der Waals surface area contributed by atoms with Gasteiger partial charge in [0.15, 0.2) is 0 Å². The highest BCUT2D eigenvalue weighted by Gasteiger charge is 2.18. The maximum atomic E-state index is 5.90. The Kier molecular flexibility index (Phi) is 2.92. The number of rotatable bonds is 2. The lowest BCUT2D eigenvalue weighted by molar-refractivity contribution is 0.129. The van der Waals surface area contributed by atoms with Gasteiger partial charge in [-0.25, -0.2) is 0 Å². The molecule has 2 N–H and O–H groups in total. The summed E-state index contributed by atoms with van der Waals surface area (Å²) in [4.78, 5) is 0. The quantitative estimate of drug-likeness (QED) is 0.731. The molecule has 0 aliphatic heterocycles. The number of hydrogen-bond donors (Lipinski definition) is 1. The molecule has 0 spiro atoms. The van der Waals surface area contributed by atoms with Gasteiger partial charge >= 0.3 is 0 Å². The summed E-state index contributed by atoms with van der Waals surface area (Å²) in [6, 6.07) is 0.200. The second kappa shape index (κ2) is 4.18. The van der Waals surface area contributed by atoms with E-state index in [9.17, 15) is 0 Å². The summed E-state index contributed by atoms with van der Waals surface area (Å²) >= 11 is 0. The van der Waals surface area contributed by atoms with Crippen molar-refractivity contribution in [2.45, 2.75) is 51.2 Å². The second-order valence-electron chi connectivity index (χ2n) is 4.36. The molecule has 2 heteroatoms. The third-order valence-corrected chi connectivity index (χ3v) is 3.13. The largest absolute Gasteiger partial charge is 0.491 e. The van der Waals surface area contributed by atoms with Gasteiger partial charge in [-0.1, -0.05) is 5.57 Å². The molecule has 0 amide bonds. The van der Waals surface area contributed by atoms with Crippen LogP contribution < -0.4 is 5.73 Å². The Morgan fingerprint density at radius 3 is 2.71 bits per heavy atom. The fourth-order valence-corrected chi connectivity index (χ4v) is 2.10. The standard InChI is InChI=1S/C12H19NO/c1-9-8-11(6-7-12(9)13)14-10-4-2-3-5-10/h6,8,10,12H,2-5,7,13H2,1H3. The first-order valence-electron chi connectivity index (χ1n) is 5.56. The lowest BCUT2D eigenvalue weighted by Gasteiger charge is -2.20. The minimum Gasteiger partial charge on any atom is -0.491 e. The lowest BCUT2D eigenvalue weighted by Crippen LogP contribution is -2.23. The highest BCUT2D eigenvalue weighted by Crippen LogP contribution is 2.26. The van der Waals surface area contributed by atoms with Crippen molar-refractivity contribution >= 4 is 0 Å². The molecule has 0 heterocycles. The van der Waals surface area contributed by atoms with Crippen LogP contribution in [0.1, 0.15) is 39.0 Å². The highest BCUT2D eigenvalue weighted by atomic mass is 16.5. The van der Waals surface area contributed by atoms with Crippen molar-refractivity contribution < 1.29 is 4.74 Å². The first-order valence-corrected chi connectivity index (χ1v) is 5.56. The molecule has 1 fully saturated rings. The van der Waals surface area contributed by atoms with Crippen molar-refractivity contribution in [3.8, 4) is 0 Å². The summed E-state index contributed by atoms with van der Waals surface area (Å²) in [6.07, 6.45) is 10.7. The summed E-state index contributed by atoms with van der Waals surface area (Å²) in [5.74, 6) is 1.04. The summed E-state index contributed by atoms with van der Waals surface area (Å²) in [5, 5.41) is 0. The summed E-state index contributed by atoms with van der Waals surface area (Å²) in [5.41, 5.74) is 7.12. The third-order valence-electron chi connectivity index (χ3n) is 3.13. The molecule has 1 saturated carbocycles. The predicted octanol–water partition coefficient (Wildman–Crippen LogP) is 2.51. The maximum Gasteiger partial charge on any atom is 0.115 e. The number of ether oxygens (including phenoxy) is 1. The third kappa shape index (κ3) is 2.18. The van der Waals surface area contributed by atoms with E-state index in [1.807, 2.05) is 0 Å². The molecule has 14 heavy (non-hydrogen) atoms. The predicted molar refractivity (Wildman–Crippen MR) is 57.8 cm³/mol. The first-order chi connectivity index (χ1) is 6.75. The Hall–Kier alpha value is -0.760. The molecule has 2 aliphatic rings. The first kappa shape index (κ1) is 9.78. The van der Waals surface area contributed by atoms with E-state index in [0.717, 1.165) is 12.2 Å². The Bertz CT molecular complexity index is 261. The van der Waals surface area contributed by atoms with Crippen LogP contribution >= 0.6 is 0 Å². The van der Waals surface area contributed by atoms with Gasteiger partial charge in [0.25, 0.3) is 0 Å². The van der Waals surface area contributed by atoms with Crippen molar-refractivity contribution in [2.24, 2.45) is 5.73 Å². The van der Waals surface area contributed by atoms with E-state index in [-0.39, 0.29) is 6.04 Å². The van der Waals surface area contributed by atoms with E-state index in [4.69, 9.17) is 10.5 Å². The van der Waals surface area contributed by atoms with Crippen LogP contribution in [0.25, 0.3) is 0 Å². The number of allylic oxidation sites excluding steroid dienone is 1. The van der Waals surface area contributed by atoms with Crippen LogP contribution in [-0.4, -0.2) is 12.1 Å². The molecular weight excluding hydrogens is 174 g/mol. The van der Waals surface area contributed by atoms with Gasteiger partial charge in [0, 0.05) is 6.04 Å². The van der Waals surface area contributed by atoms with Gasteiger partial charge in [-0.15, -0.1) is 0 Å². The van der Waals surface area contributed by atoms with E-state index >= 15 is 0 Å². The molecule has 0 radical (unpaired) electrons. The van der Waals surface area contributed by atoms with Crippen LogP contribution in [-0.2, 0) is 4.74 Å². The molecule has 0 aromatic heterocycles. The summed E-state index contributed by atoms with van der Waals surface area (Å²) < 4.78 is 5.90. The Morgan fingerprint density at radius 1 is 1.36 bits per heavy atom. The van der Waals surface area contributed by atoms with Crippen LogP contribution in [0, 0.1) is 0 Å². The average Bonchev–Trinajstić information content (AvgIpc) is 2.64. The molecule has 78 valence electrons. The van der Waals surface area contributed by atoms with Crippen LogP contribution in [0.2, 0.25) is 0 Å². The molecular formula is C12H19NO.